The second kappa shape index (κ2) is 6.99. The molecule has 2 aliphatic rings. The summed E-state index contributed by atoms with van der Waals surface area (Å²) in [5.74, 6) is -0.458. The largest absolute Gasteiger partial charge is 0.347 e. The van der Waals surface area contributed by atoms with Gasteiger partial charge in [0, 0.05) is 25.2 Å². The van der Waals surface area contributed by atoms with Gasteiger partial charge in [0.05, 0.1) is 18.3 Å². The number of nitrogens with zero attached hydrogens (tertiary/aromatic N) is 6. The summed E-state index contributed by atoms with van der Waals surface area (Å²) in [4.78, 5) is 18.6. The number of anilines is 2. The number of hydrogen-bond donors (Lipinski definition) is 3. The number of piperazine rings is 1. The standard InChI is InChI=1S/C19H18ClF2N9/c20-11-5-24-31-17(11)28-19(30-7-9-1-2-10(8-30)25-9)29-18(31)23-6-14-26-13-4-3-12(21)15(22)16(13)27-14/h3-5,9-10,25H,1-2,6-8H2,(H,26,27)(H,23,28,29). The third kappa shape index (κ3) is 3.15. The van der Waals surface area contributed by atoms with Gasteiger partial charge in [0.1, 0.15) is 16.4 Å². The number of imidazole rings is 1. The van der Waals surface area contributed by atoms with E-state index in [1.165, 1.54) is 16.8 Å². The Labute approximate surface area is 179 Å². The zero-order valence-electron chi connectivity index (χ0n) is 16.2. The lowest BCUT2D eigenvalue weighted by Crippen LogP contribution is -2.51. The van der Waals surface area contributed by atoms with Gasteiger partial charge in [-0.3, -0.25) is 0 Å². The van der Waals surface area contributed by atoms with Gasteiger partial charge < -0.3 is 20.5 Å². The van der Waals surface area contributed by atoms with E-state index in [1.807, 2.05) is 0 Å². The minimum atomic E-state index is -0.973. The summed E-state index contributed by atoms with van der Waals surface area (Å²) < 4.78 is 29.0. The van der Waals surface area contributed by atoms with Crippen LogP contribution in [0.4, 0.5) is 20.7 Å². The van der Waals surface area contributed by atoms with Crippen molar-refractivity contribution < 1.29 is 8.78 Å². The second-order valence-electron chi connectivity index (χ2n) is 7.91. The molecule has 2 fully saturated rings. The topological polar surface area (TPSA) is 99.1 Å². The molecule has 160 valence electrons. The van der Waals surface area contributed by atoms with Gasteiger partial charge in [0.2, 0.25) is 11.9 Å². The molecule has 2 unspecified atom stereocenters. The van der Waals surface area contributed by atoms with Crippen molar-refractivity contribution in [1.29, 1.82) is 0 Å². The van der Waals surface area contributed by atoms with Crippen molar-refractivity contribution in [3.05, 3.63) is 40.8 Å². The summed E-state index contributed by atoms with van der Waals surface area (Å²) in [5.41, 5.74) is 0.879. The molecule has 2 atom stereocenters. The number of aromatic amines is 1. The van der Waals surface area contributed by atoms with Gasteiger partial charge in [-0.05, 0) is 25.0 Å². The lowest BCUT2D eigenvalue weighted by atomic mass is 10.2. The molecule has 3 N–H and O–H groups in total. The quantitative estimate of drug-likeness (QED) is 0.444. The van der Waals surface area contributed by atoms with Crippen LogP contribution in [-0.4, -0.2) is 54.7 Å². The zero-order valence-corrected chi connectivity index (χ0v) is 17.0. The van der Waals surface area contributed by atoms with Crippen molar-refractivity contribution in [2.24, 2.45) is 0 Å². The maximum atomic E-state index is 14.0. The summed E-state index contributed by atoms with van der Waals surface area (Å²) in [6, 6.07) is 3.39. The molecule has 31 heavy (non-hydrogen) atoms. The molecule has 9 nitrogen and oxygen atoms in total. The predicted octanol–water partition coefficient (Wildman–Crippen LogP) is 2.48. The molecule has 2 aliphatic heterocycles. The molecule has 1 aromatic carbocycles. The molecule has 2 bridgehead atoms. The third-order valence-corrected chi connectivity index (χ3v) is 6.09. The van der Waals surface area contributed by atoms with Crippen molar-refractivity contribution in [3.8, 4) is 0 Å². The molecule has 6 rings (SSSR count). The summed E-state index contributed by atoms with van der Waals surface area (Å²) in [6.45, 7) is 1.85. The minimum Gasteiger partial charge on any atom is -0.347 e. The van der Waals surface area contributed by atoms with Crippen LogP contribution in [0.25, 0.3) is 16.7 Å². The summed E-state index contributed by atoms with van der Waals surface area (Å²) >= 11 is 6.30. The van der Waals surface area contributed by atoms with E-state index in [0.29, 0.717) is 46.0 Å². The molecule has 5 heterocycles. The molecule has 4 aromatic rings. The molecular weight excluding hydrogens is 428 g/mol. The number of halogens is 3. The average Bonchev–Trinajstić information content (AvgIpc) is 3.46. The fraction of sp³-hybridized carbons (Fsp3) is 0.368. The minimum absolute atomic E-state index is 0.0382. The first-order valence-corrected chi connectivity index (χ1v) is 10.4. The maximum Gasteiger partial charge on any atom is 0.230 e. The summed E-state index contributed by atoms with van der Waals surface area (Å²) in [5, 5.41) is 11.4. The number of nitrogens with one attached hydrogen (secondary N) is 3. The van der Waals surface area contributed by atoms with Gasteiger partial charge in [0.15, 0.2) is 17.3 Å². The van der Waals surface area contributed by atoms with E-state index in [-0.39, 0.29) is 12.1 Å². The molecule has 2 saturated heterocycles. The fourth-order valence-corrected chi connectivity index (χ4v) is 4.54. The van der Waals surface area contributed by atoms with Crippen LogP contribution in [0, 0.1) is 11.6 Å². The monoisotopic (exact) mass is 445 g/mol. The van der Waals surface area contributed by atoms with Crippen LogP contribution < -0.4 is 15.5 Å². The molecule has 0 saturated carbocycles. The number of aromatic nitrogens is 6. The molecule has 0 radical (unpaired) electrons. The van der Waals surface area contributed by atoms with Crippen LogP contribution >= 0.6 is 11.6 Å². The fourth-order valence-electron chi connectivity index (χ4n) is 4.37. The SMILES string of the molecule is Fc1ccc2[nH]c(CNc3nc(N4CC5CCC(C4)N5)nc4c(Cl)cnn34)nc2c1F. The smallest absolute Gasteiger partial charge is 0.230 e. The summed E-state index contributed by atoms with van der Waals surface area (Å²) in [6.07, 6.45) is 3.80. The lowest BCUT2D eigenvalue weighted by molar-refractivity contribution is 0.460. The van der Waals surface area contributed by atoms with E-state index in [2.05, 4.69) is 40.6 Å². The Morgan fingerprint density at radius 2 is 1.94 bits per heavy atom. The van der Waals surface area contributed by atoms with Crippen LogP contribution in [0.15, 0.2) is 18.3 Å². The third-order valence-electron chi connectivity index (χ3n) is 5.82. The Balaban J connectivity index is 1.32. The normalized spacial score (nSPS) is 20.8. The van der Waals surface area contributed by atoms with E-state index >= 15 is 0 Å². The van der Waals surface area contributed by atoms with Gasteiger partial charge >= 0.3 is 0 Å². The maximum absolute atomic E-state index is 14.0. The predicted molar refractivity (Wildman–Crippen MR) is 111 cm³/mol. The van der Waals surface area contributed by atoms with Gasteiger partial charge in [-0.15, -0.1) is 0 Å². The van der Waals surface area contributed by atoms with Crippen molar-refractivity contribution in [2.75, 3.05) is 23.3 Å². The molecule has 0 aliphatic carbocycles. The Kier molecular flexibility index (Phi) is 4.22. The Morgan fingerprint density at radius 1 is 1.13 bits per heavy atom. The molecule has 0 amide bonds. The number of rotatable bonds is 4. The van der Waals surface area contributed by atoms with E-state index in [1.54, 1.807) is 0 Å². The zero-order chi connectivity index (χ0) is 21.1. The Morgan fingerprint density at radius 3 is 2.74 bits per heavy atom. The van der Waals surface area contributed by atoms with Crippen LogP contribution in [0.5, 0.6) is 0 Å². The first-order valence-electron chi connectivity index (χ1n) is 10.0. The number of fused-ring (bicyclic) bond motifs is 4. The molecule has 0 spiro atoms. The van der Waals surface area contributed by atoms with Gasteiger partial charge in [-0.25, -0.2) is 13.8 Å². The summed E-state index contributed by atoms with van der Waals surface area (Å²) in [7, 11) is 0. The second-order valence-corrected chi connectivity index (χ2v) is 8.32. The van der Waals surface area contributed by atoms with Crippen molar-refractivity contribution in [1.82, 2.24) is 34.9 Å². The van der Waals surface area contributed by atoms with Gasteiger partial charge in [0.25, 0.3) is 0 Å². The molecular formula is C19H18ClF2N9. The van der Waals surface area contributed by atoms with Crippen LogP contribution in [0.3, 0.4) is 0 Å². The first-order chi connectivity index (χ1) is 15.0. The van der Waals surface area contributed by atoms with Crippen LogP contribution in [0.1, 0.15) is 18.7 Å². The van der Waals surface area contributed by atoms with E-state index in [0.717, 1.165) is 32.0 Å². The van der Waals surface area contributed by atoms with Crippen LogP contribution in [-0.2, 0) is 6.54 Å². The molecule has 12 heteroatoms. The first kappa shape index (κ1) is 18.7. The number of benzene rings is 1. The highest BCUT2D eigenvalue weighted by Crippen LogP contribution is 2.26. The van der Waals surface area contributed by atoms with E-state index < -0.39 is 11.6 Å². The molecule has 3 aromatic heterocycles. The number of hydrogen-bond acceptors (Lipinski definition) is 7. The van der Waals surface area contributed by atoms with Crippen molar-refractivity contribution >= 4 is 40.2 Å². The highest BCUT2D eigenvalue weighted by atomic mass is 35.5. The highest BCUT2D eigenvalue weighted by molar-refractivity contribution is 6.33. The van der Waals surface area contributed by atoms with Gasteiger partial charge in [-0.2, -0.15) is 19.6 Å². The van der Waals surface area contributed by atoms with E-state index in [4.69, 9.17) is 11.6 Å². The Hall–Kier alpha value is -3.05. The lowest BCUT2D eigenvalue weighted by Gasteiger charge is -2.33. The van der Waals surface area contributed by atoms with Crippen molar-refractivity contribution in [3.63, 3.8) is 0 Å². The average molecular weight is 446 g/mol. The van der Waals surface area contributed by atoms with Gasteiger partial charge in [-0.1, -0.05) is 11.6 Å². The van der Waals surface area contributed by atoms with Crippen molar-refractivity contribution in [2.45, 2.75) is 31.5 Å². The highest BCUT2D eigenvalue weighted by Gasteiger charge is 2.33. The number of H-pyrrole nitrogens is 1. The Bertz CT molecular complexity index is 1290. The van der Waals surface area contributed by atoms with E-state index in [9.17, 15) is 8.78 Å². The van der Waals surface area contributed by atoms with Crippen LogP contribution in [0.2, 0.25) is 5.02 Å².